The van der Waals surface area contributed by atoms with Crippen LogP contribution < -0.4 is 25.3 Å². The molecule has 3 fully saturated rings. The Hall–Kier alpha value is -5.34. The molecular formula is C41H36BCl2N3O9. The molecule has 0 spiro atoms. The van der Waals surface area contributed by atoms with Crippen LogP contribution in [0.5, 0.6) is 17.2 Å². The number of rotatable bonds is 9. The number of hydrazine groups is 1. The molecule has 4 aromatic carbocycles. The molecule has 15 heteroatoms. The van der Waals surface area contributed by atoms with Gasteiger partial charge >= 0.3 is 7.12 Å². The number of imide groups is 2. The molecule has 0 aromatic heterocycles. The molecule has 286 valence electrons. The molecule has 2 saturated heterocycles. The van der Waals surface area contributed by atoms with Crippen LogP contribution >= 0.6 is 23.2 Å². The van der Waals surface area contributed by atoms with Gasteiger partial charge < -0.3 is 24.6 Å². The Morgan fingerprint density at radius 2 is 1.68 bits per heavy atom. The Labute approximate surface area is 332 Å². The highest BCUT2D eigenvalue weighted by molar-refractivity contribution is 6.58. The first-order valence-electron chi connectivity index (χ1n) is 18.1. The van der Waals surface area contributed by atoms with Gasteiger partial charge in [-0.1, -0.05) is 65.2 Å². The van der Waals surface area contributed by atoms with Crippen molar-refractivity contribution in [1.82, 2.24) is 5.01 Å². The number of allylic oxidation sites excluding steroid dienone is 2. The zero-order chi connectivity index (χ0) is 39.6. The summed E-state index contributed by atoms with van der Waals surface area (Å²) in [5.41, 5.74) is 3.70. The summed E-state index contributed by atoms with van der Waals surface area (Å²) in [7, 11) is -0.295. The average molecular weight is 796 g/mol. The Balaban J connectivity index is 1.33. The highest BCUT2D eigenvalue weighted by atomic mass is 35.5. The average Bonchev–Trinajstić information content (AvgIpc) is 3.57. The van der Waals surface area contributed by atoms with E-state index in [1.165, 1.54) is 37.4 Å². The zero-order valence-electron chi connectivity index (χ0n) is 30.2. The van der Waals surface area contributed by atoms with Crippen molar-refractivity contribution in [3.05, 3.63) is 118 Å². The second kappa shape index (κ2) is 14.3. The van der Waals surface area contributed by atoms with Gasteiger partial charge in [0.2, 0.25) is 11.8 Å². The zero-order valence-corrected chi connectivity index (χ0v) is 31.7. The van der Waals surface area contributed by atoms with Crippen LogP contribution in [0.2, 0.25) is 10.0 Å². The summed E-state index contributed by atoms with van der Waals surface area (Å²) < 4.78 is 11.3. The molecule has 4 aromatic rings. The van der Waals surface area contributed by atoms with Gasteiger partial charge in [-0.3, -0.25) is 29.5 Å². The fourth-order valence-corrected chi connectivity index (χ4v) is 9.73. The summed E-state index contributed by atoms with van der Waals surface area (Å²) in [5, 5.41) is 32.0. The number of hydrogen-bond donors (Lipinski definition) is 4. The number of fused-ring (bicyclic) bond motifs is 4. The number of nitrogens with zero attached hydrogens (tertiary/aromatic N) is 2. The fraction of sp³-hybridized carbons (Fsp3) is 0.268. The van der Waals surface area contributed by atoms with E-state index >= 15 is 4.79 Å². The lowest BCUT2D eigenvalue weighted by Crippen LogP contribution is -2.53. The summed E-state index contributed by atoms with van der Waals surface area (Å²) in [6, 6.07) is 22.4. The number of nitrogens with one attached hydrogen (secondary N) is 1. The number of halogens is 2. The third-order valence-corrected chi connectivity index (χ3v) is 12.2. The van der Waals surface area contributed by atoms with Crippen LogP contribution in [-0.4, -0.2) is 64.6 Å². The second-order valence-corrected chi connectivity index (χ2v) is 15.2. The van der Waals surface area contributed by atoms with Gasteiger partial charge in [0.05, 0.1) is 53.3 Å². The first kappa shape index (κ1) is 37.6. The molecule has 0 radical (unpaired) electrons. The van der Waals surface area contributed by atoms with Gasteiger partial charge in [-0.2, -0.15) is 5.01 Å². The summed E-state index contributed by atoms with van der Waals surface area (Å²) in [6.07, 6.45) is 2.11. The smallest absolute Gasteiger partial charge is 0.488 e. The van der Waals surface area contributed by atoms with Gasteiger partial charge in [0, 0.05) is 10.9 Å². The van der Waals surface area contributed by atoms with E-state index in [1.807, 2.05) is 6.08 Å². The van der Waals surface area contributed by atoms with Crippen molar-refractivity contribution in [1.29, 1.82) is 0 Å². The van der Waals surface area contributed by atoms with Gasteiger partial charge in [-0.15, -0.1) is 0 Å². The molecule has 0 bridgehead atoms. The number of benzene rings is 4. The molecule has 1 saturated carbocycles. The maximum atomic E-state index is 15.5. The number of ether oxygens (including phenoxy) is 2. The number of aromatic hydroxyl groups is 1. The first-order chi connectivity index (χ1) is 26.9. The van der Waals surface area contributed by atoms with Crippen molar-refractivity contribution in [2.45, 2.75) is 31.1 Å². The highest BCUT2D eigenvalue weighted by Gasteiger charge is 2.70. The van der Waals surface area contributed by atoms with Gasteiger partial charge in [0.15, 0.2) is 11.5 Å². The lowest BCUT2D eigenvalue weighted by Gasteiger charge is -2.50. The minimum Gasteiger partial charge on any atom is -0.504 e. The number of hydrogen-bond acceptors (Lipinski definition) is 10. The van der Waals surface area contributed by atoms with Gasteiger partial charge in [-0.05, 0) is 96.9 Å². The van der Waals surface area contributed by atoms with E-state index in [4.69, 9.17) is 32.7 Å². The number of amides is 4. The standard InChI is InChI=1S/C41H36BCl2N3O9/c1-3-56-34-17-21(7-16-33(34)48)36-27-13-14-28-35(39(51)46(37(28)49)25-6-4-5-23(18-25)42(53)54)29(27)20-30-38(50)47(45-32-15-10-24(43)19-31(32)44)40(52)41(30,36)22-8-11-26(55-2)12-9-22/h4-13,15-19,28-30,35-36,45,48,53-54H,3,14,20H2,1-2H3/t28-,29+,30-,35-,36-,41+/m0/s1. The topological polar surface area (TPSA) is 166 Å². The quantitative estimate of drug-likeness (QED) is 0.103. The summed E-state index contributed by atoms with van der Waals surface area (Å²) in [6.45, 7) is 2.01. The molecule has 4 N–H and O–H groups in total. The van der Waals surface area contributed by atoms with Crippen LogP contribution in [0.15, 0.2) is 96.6 Å². The van der Waals surface area contributed by atoms with Crippen molar-refractivity contribution in [2.75, 3.05) is 24.0 Å². The lowest BCUT2D eigenvalue weighted by atomic mass is 9.49. The Morgan fingerprint density at radius 3 is 2.38 bits per heavy atom. The molecular weight excluding hydrogens is 760 g/mol. The van der Waals surface area contributed by atoms with E-state index in [-0.39, 0.29) is 52.8 Å². The van der Waals surface area contributed by atoms with Gasteiger partial charge in [0.25, 0.3) is 11.8 Å². The second-order valence-electron chi connectivity index (χ2n) is 14.4. The summed E-state index contributed by atoms with van der Waals surface area (Å²) >= 11 is 12.7. The molecule has 4 aliphatic rings. The Morgan fingerprint density at radius 1 is 0.911 bits per heavy atom. The third-order valence-electron chi connectivity index (χ3n) is 11.6. The molecule has 2 heterocycles. The van der Waals surface area contributed by atoms with E-state index in [2.05, 4.69) is 5.43 Å². The van der Waals surface area contributed by atoms with E-state index in [0.29, 0.717) is 27.5 Å². The van der Waals surface area contributed by atoms with E-state index < -0.39 is 65.8 Å². The maximum absolute atomic E-state index is 15.5. The van der Waals surface area contributed by atoms with Crippen molar-refractivity contribution < 1.29 is 43.8 Å². The molecule has 6 atom stereocenters. The fourth-order valence-electron chi connectivity index (χ4n) is 9.28. The first-order valence-corrected chi connectivity index (χ1v) is 18.9. The van der Waals surface area contributed by atoms with Crippen LogP contribution in [0.3, 0.4) is 0 Å². The van der Waals surface area contributed by atoms with Gasteiger partial charge in [0.1, 0.15) is 5.75 Å². The number of methoxy groups -OCH3 is 1. The van der Waals surface area contributed by atoms with E-state index in [1.54, 1.807) is 61.5 Å². The van der Waals surface area contributed by atoms with Crippen LogP contribution in [0.25, 0.3) is 0 Å². The molecule has 0 unspecified atom stereocenters. The van der Waals surface area contributed by atoms with Crippen LogP contribution in [0.4, 0.5) is 11.4 Å². The molecule has 2 aliphatic carbocycles. The van der Waals surface area contributed by atoms with E-state index in [9.17, 15) is 29.5 Å². The van der Waals surface area contributed by atoms with Crippen molar-refractivity contribution in [3.63, 3.8) is 0 Å². The van der Waals surface area contributed by atoms with E-state index in [0.717, 1.165) is 9.91 Å². The minimum absolute atomic E-state index is 0.0330. The third kappa shape index (κ3) is 5.75. The Kier molecular flexibility index (Phi) is 9.60. The lowest BCUT2D eigenvalue weighted by molar-refractivity contribution is -0.138. The number of carbonyl (C=O) groups is 4. The number of carbonyl (C=O) groups excluding carboxylic acids is 4. The van der Waals surface area contributed by atoms with Crippen LogP contribution in [0.1, 0.15) is 36.8 Å². The highest BCUT2D eigenvalue weighted by Crippen LogP contribution is 2.64. The van der Waals surface area contributed by atoms with Crippen molar-refractivity contribution in [2.24, 2.45) is 23.7 Å². The largest absolute Gasteiger partial charge is 0.504 e. The van der Waals surface area contributed by atoms with Crippen LogP contribution in [0, 0.1) is 23.7 Å². The monoisotopic (exact) mass is 795 g/mol. The molecule has 12 nitrogen and oxygen atoms in total. The number of phenolic OH excluding ortho intramolecular Hbond substituents is 1. The van der Waals surface area contributed by atoms with Crippen molar-refractivity contribution >= 4 is 70.8 Å². The molecule has 2 aliphatic heterocycles. The molecule has 4 amide bonds. The predicted octanol–water partition coefficient (Wildman–Crippen LogP) is 4.98. The Bertz CT molecular complexity index is 2320. The van der Waals surface area contributed by atoms with Crippen LogP contribution in [-0.2, 0) is 24.6 Å². The predicted molar refractivity (Wildman–Crippen MR) is 209 cm³/mol. The maximum Gasteiger partial charge on any atom is 0.488 e. The summed E-state index contributed by atoms with van der Waals surface area (Å²) in [5.74, 6) is -5.80. The minimum atomic E-state index is -1.82. The SMILES string of the molecule is CCOc1cc([C@H]2C3=CC[C@@H]4C(=O)N(c5cccc(B(O)O)c5)C(=O)[C@@H]4[C@@H]3C[C@H]3C(=O)N(Nc4ccc(Cl)cc4Cl)C(=O)[C@@]23c2ccc(OC)cc2)ccc1O. The molecule has 8 rings (SSSR count). The normalized spacial score (nSPS) is 25.4. The van der Waals surface area contributed by atoms with Gasteiger partial charge in [-0.25, -0.2) is 0 Å². The number of phenols is 1. The van der Waals surface area contributed by atoms with Crippen molar-refractivity contribution in [3.8, 4) is 17.2 Å². The molecule has 56 heavy (non-hydrogen) atoms. The number of anilines is 2. The summed E-state index contributed by atoms with van der Waals surface area (Å²) in [4.78, 5) is 60.3.